The lowest BCUT2D eigenvalue weighted by Gasteiger charge is -2.22. The molecular formula is C20H32N8O7S. The summed E-state index contributed by atoms with van der Waals surface area (Å²) >= 11 is 0. The molecule has 0 unspecified atom stereocenters. The van der Waals surface area contributed by atoms with Gasteiger partial charge in [-0.15, -0.1) is 0 Å². The van der Waals surface area contributed by atoms with Crippen molar-refractivity contribution in [2.75, 3.05) is 44.9 Å². The second-order valence-corrected chi connectivity index (χ2v) is 9.71. The van der Waals surface area contributed by atoms with Crippen molar-refractivity contribution in [2.45, 2.75) is 6.42 Å². The van der Waals surface area contributed by atoms with Gasteiger partial charge >= 0.3 is 0 Å². The third-order valence-electron chi connectivity index (χ3n) is 4.31. The van der Waals surface area contributed by atoms with Crippen molar-refractivity contribution in [1.82, 2.24) is 14.5 Å². The van der Waals surface area contributed by atoms with Crippen molar-refractivity contribution in [1.29, 1.82) is 5.41 Å². The number of nitrogens with zero attached hydrogens (tertiary/aromatic N) is 3. The number of rotatable bonds is 9. The maximum Gasteiger partial charge on any atom is 0.279 e. The van der Waals surface area contributed by atoms with Crippen LogP contribution in [0.5, 0.6) is 0 Å². The van der Waals surface area contributed by atoms with Crippen molar-refractivity contribution in [3.63, 3.8) is 0 Å². The fraction of sp³-hybridized carbons (Fsp3) is 0.400. The van der Waals surface area contributed by atoms with Gasteiger partial charge < -0.3 is 39.9 Å². The van der Waals surface area contributed by atoms with Crippen LogP contribution in [-0.4, -0.2) is 88.9 Å². The summed E-state index contributed by atoms with van der Waals surface area (Å²) in [5, 5.41) is 15.4. The number of hydrogen-bond donors (Lipinski definition) is 6. The molecule has 0 spiro atoms. The highest BCUT2D eigenvalue weighted by molar-refractivity contribution is 7.79. The number of amidine groups is 1. The van der Waals surface area contributed by atoms with E-state index in [0.29, 0.717) is 33.8 Å². The Kier molecular flexibility index (Phi) is 10.4. The molecule has 15 nitrogen and oxygen atoms in total. The molecule has 2 heterocycles. The first-order valence-electron chi connectivity index (χ1n) is 10.4. The molecule has 2 aromatic heterocycles. The minimum absolute atomic E-state index is 0.00395. The summed E-state index contributed by atoms with van der Waals surface area (Å²) < 4.78 is 36.5. The minimum atomic E-state index is -4.92. The van der Waals surface area contributed by atoms with Crippen LogP contribution in [0.15, 0.2) is 24.5 Å². The zero-order valence-electron chi connectivity index (χ0n) is 20.7. The third-order valence-corrected chi connectivity index (χ3v) is 4.31. The van der Waals surface area contributed by atoms with E-state index >= 15 is 0 Å². The van der Waals surface area contributed by atoms with Gasteiger partial charge in [0.1, 0.15) is 11.4 Å². The van der Waals surface area contributed by atoms with Gasteiger partial charge in [-0.05, 0) is 12.1 Å². The van der Waals surface area contributed by atoms with Crippen molar-refractivity contribution < 1.29 is 36.4 Å². The molecule has 16 heteroatoms. The second-order valence-electron chi connectivity index (χ2n) is 8.86. The van der Waals surface area contributed by atoms with Crippen LogP contribution < -0.4 is 21.7 Å². The molecule has 2 aromatic rings. The normalized spacial score (nSPS) is 11.2. The number of amides is 3. The van der Waals surface area contributed by atoms with Crippen molar-refractivity contribution in [3.05, 3.63) is 35.9 Å². The molecule has 0 bridgehead atoms. The molecule has 200 valence electrons. The van der Waals surface area contributed by atoms with E-state index in [0.717, 1.165) is 0 Å². The molecule has 36 heavy (non-hydrogen) atoms. The van der Waals surface area contributed by atoms with Crippen LogP contribution >= 0.6 is 0 Å². The molecule has 2 rings (SSSR count). The lowest BCUT2D eigenvalue weighted by atomic mass is 10.3. The number of likely N-dealkylation sites (N-methyl/N-ethyl adjacent to an activating group) is 1. The molecule has 0 saturated heterocycles. The van der Waals surface area contributed by atoms with Crippen molar-refractivity contribution in [3.8, 4) is 0 Å². The topological polar surface area (TPSA) is 224 Å². The molecule has 0 aliphatic carbocycles. The number of nitrogens with one attached hydrogen (secondary N) is 4. The smallest absolute Gasteiger partial charge is 0.279 e. The quantitative estimate of drug-likeness (QED) is 0.0802. The highest BCUT2D eigenvalue weighted by Crippen LogP contribution is 2.17. The van der Waals surface area contributed by atoms with Gasteiger partial charge in [0.2, 0.25) is 10.4 Å². The zero-order chi connectivity index (χ0) is 27.8. The molecule has 0 aliphatic rings. The first-order chi connectivity index (χ1) is 16.4. The first-order valence-corrected chi connectivity index (χ1v) is 11.8. The number of nitrogens with two attached hydrogens (primary N) is 1. The molecule has 0 fully saturated rings. The maximum absolute atomic E-state index is 12.7. The van der Waals surface area contributed by atoms with E-state index in [4.69, 9.17) is 28.7 Å². The summed E-state index contributed by atoms with van der Waals surface area (Å²) in [6, 6.07) is 3.16. The summed E-state index contributed by atoms with van der Waals surface area (Å²) in [7, 11) is 4.24. The van der Waals surface area contributed by atoms with Gasteiger partial charge in [-0.3, -0.25) is 24.3 Å². The third kappa shape index (κ3) is 11.6. The van der Waals surface area contributed by atoms with Crippen LogP contribution in [0.2, 0.25) is 0 Å². The first kappa shape index (κ1) is 30.3. The molecule has 0 aromatic carbocycles. The predicted octanol–water partition coefficient (Wildman–Crippen LogP) is -0.679. The van der Waals surface area contributed by atoms with E-state index in [9.17, 15) is 14.4 Å². The van der Waals surface area contributed by atoms with Crippen molar-refractivity contribution >= 4 is 45.3 Å². The van der Waals surface area contributed by atoms with Crippen LogP contribution in [0.25, 0.3) is 0 Å². The lowest BCUT2D eigenvalue weighted by molar-refractivity contribution is -0.861. The van der Waals surface area contributed by atoms with Gasteiger partial charge in [-0.1, -0.05) is 0 Å². The number of carbonyl (C=O) groups is 3. The van der Waals surface area contributed by atoms with Gasteiger partial charge in [-0.25, -0.2) is 8.42 Å². The summed E-state index contributed by atoms with van der Waals surface area (Å²) in [4.78, 5) is 37.1. The van der Waals surface area contributed by atoms with Crippen molar-refractivity contribution in [2.24, 2.45) is 19.8 Å². The fourth-order valence-electron chi connectivity index (χ4n) is 2.94. The van der Waals surface area contributed by atoms with E-state index in [1.54, 1.807) is 47.8 Å². The zero-order valence-corrected chi connectivity index (χ0v) is 21.5. The highest BCUT2D eigenvalue weighted by Gasteiger charge is 2.18. The number of anilines is 2. The molecular weight excluding hydrogens is 496 g/mol. The van der Waals surface area contributed by atoms with Crippen LogP contribution in [-0.2, 0) is 29.3 Å². The van der Waals surface area contributed by atoms with Crippen LogP contribution in [0.4, 0.5) is 11.4 Å². The molecule has 0 aliphatic heterocycles. The monoisotopic (exact) mass is 528 g/mol. The molecule has 0 saturated carbocycles. The minimum Gasteiger partial charge on any atom is -0.726 e. The van der Waals surface area contributed by atoms with Crippen LogP contribution in [0.1, 0.15) is 27.4 Å². The van der Waals surface area contributed by atoms with Gasteiger partial charge in [0.25, 0.3) is 17.7 Å². The van der Waals surface area contributed by atoms with E-state index in [-0.39, 0.29) is 36.5 Å². The summed E-state index contributed by atoms with van der Waals surface area (Å²) in [6.07, 6.45) is 3.56. The van der Waals surface area contributed by atoms with E-state index in [2.05, 4.69) is 16.0 Å². The number of aromatic nitrogens is 2. The van der Waals surface area contributed by atoms with Gasteiger partial charge in [0.15, 0.2) is 6.54 Å². The maximum atomic E-state index is 12.7. The molecule has 3 amide bonds. The Hall–Kier alpha value is -3.73. The number of aryl methyl sites for hydroxylation is 2. The van der Waals surface area contributed by atoms with Gasteiger partial charge in [0.05, 0.1) is 38.4 Å². The fourth-order valence-corrected chi connectivity index (χ4v) is 2.94. The average molecular weight is 529 g/mol. The standard InChI is InChI=1S/C20H30N8O3.H2O4S/c1-26-11-14(9-15(26)19(30)23-7-6-17(21)22)25-20(31)16-8-13(10-27(16)2)24-18(29)12-28(3,4)5;1-5(2,3)4/h8-11H,6-7,12H2,1-5H3,(H5-,21,22,23,24,25,29,30,31);(H2,1,2,3,4). The van der Waals surface area contributed by atoms with E-state index < -0.39 is 10.4 Å². The highest BCUT2D eigenvalue weighted by atomic mass is 32.3. The Labute approximate surface area is 208 Å². The Morgan fingerprint density at radius 1 is 1.03 bits per heavy atom. The number of carbonyl (C=O) groups excluding carboxylic acids is 3. The van der Waals surface area contributed by atoms with E-state index in [1.165, 1.54) is 0 Å². The Morgan fingerprint density at radius 2 is 1.47 bits per heavy atom. The number of quaternary nitrogens is 1. The lowest BCUT2D eigenvalue weighted by Crippen LogP contribution is -2.41. The largest absolute Gasteiger partial charge is 0.726 e. The SMILES string of the molecule is Cn1cc(NC(=O)c2cc(NC(=O)C[N+](C)(C)C)cn2C)cc1C(=O)NCCC(=N)N.O=S(=O)([O-])O. The predicted molar refractivity (Wildman–Crippen MR) is 131 cm³/mol. The van der Waals surface area contributed by atoms with Crippen LogP contribution in [0, 0.1) is 5.41 Å². The van der Waals surface area contributed by atoms with Gasteiger partial charge in [0, 0.05) is 39.5 Å². The Morgan fingerprint density at radius 3 is 1.92 bits per heavy atom. The Bertz CT molecular complexity index is 1220. The van der Waals surface area contributed by atoms with E-state index in [1.807, 2.05) is 21.1 Å². The summed E-state index contributed by atoms with van der Waals surface area (Å²) in [6.45, 7) is 0.560. The molecule has 7 N–H and O–H groups in total. The average Bonchev–Trinajstić information content (AvgIpc) is 3.20. The Balaban J connectivity index is 0.00000118. The second kappa shape index (κ2) is 12.3. The number of hydrogen-bond acceptors (Lipinski definition) is 7. The molecule has 0 radical (unpaired) electrons. The van der Waals surface area contributed by atoms with Gasteiger partial charge in [-0.2, -0.15) is 0 Å². The van der Waals surface area contributed by atoms with Crippen LogP contribution in [0.3, 0.4) is 0 Å². The summed E-state index contributed by atoms with van der Waals surface area (Å²) in [5.41, 5.74) is 6.99. The molecule has 0 atom stereocenters. The summed E-state index contributed by atoms with van der Waals surface area (Å²) in [5.74, 6) is -0.849.